The van der Waals surface area contributed by atoms with Crippen LogP contribution in [0.1, 0.15) is 31.4 Å². The molecule has 1 saturated carbocycles. The smallest absolute Gasteiger partial charge is 0.148 e. The van der Waals surface area contributed by atoms with Gasteiger partial charge in [0, 0.05) is 6.54 Å². The number of nitrogens with one attached hydrogen (secondary N) is 1. The highest BCUT2D eigenvalue weighted by Gasteiger charge is 2.30. The maximum absolute atomic E-state index is 10.1. The quantitative estimate of drug-likeness (QED) is 0.788. The molecule has 1 aliphatic carbocycles. The Morgan fingerprint density at radius 2 is 2.07 bits per heavy atom. The first-order valence-corrected chi connectivity index (χ1v) is 5.45. The van der Waals surface area contributed by atoms with Gasteiger partial charge in [0.1, 0.15) is 5.82 Å². The third-order valence-electron chi connectivity index (χ3n) is 2.93. The van der Waals surface area contributed by atoms with E-state index in [0.717, 1.165) is 37.2 Å². The second-order valence-corrected chi connectivity index (χ2v) is 4.34. The number of anilines is 1. The van der Waals surface area contributed by atoms with Gasteiger partial charge in [0.2, 0.25) is 0 Å². The molecule has 0 atom stereocenters. The zero-order valence-electron chi connectivity index (χ0n) is 9.03. The second-order valence-electron chi connectivity index (χ2n) is 4.34. The predicted molar refractivity (Wildman–Crippen MR) is 58.7 cm³/mol. The van der Waals surface area contributed by atoms with Crippen LogP contribution in [0, 0.1) is 6.92 Å². The molecule has 2 N–H and O–H groups in total. The van der Waals surface area contributed by atoms with Gasteiger partial charge in [0.05, 0.1) is 11.3 Å². The number of aryl methyl sites for hydroxylation is 1. The molecule has 0 aliphatic heterocycles. The van der Waals surface area contributed by atoms with Crippen molar-refractivity contribution in [2.75, 3.05) is 11.9 Å². The van der Waals surface area contributed by atoms with Crippen molar-refractivity contribution in [3.05, 3.63) is 17.8 Å². The van der Waals surface area contributed by atoms with Gasteiger partial charge in [0.15, 0.2) is 0 Å². The fraction of sp³-hybridized carbons (Fsp3) is 0.636. The molecule has 0 aromatic carbocycles. The van der Waals surface area contributed by atoms with Gasteiger partial charge < -0.3 is 10.4 Å². The molecule has 15 heavy (non-hydrogen) atoms. The lowest BCUT2D eigenvalue weighted by molar-refractivity contribution is 0.0614. The summed E-state index contributed by atoms with van der Waals surface area (Å²) >= 11 is 0. The van der Waals surface area contributed by atoms with Crippen LogP contribution in [0.4, 0.5) is 5.82 Å². The minimum atomic E-state index is -0.535. The van der Waals surface area contributed by atoms with Gasteiger partial charge in [-0.25, -0.2) is 0 Å². The average molecular weight is 207 g/mol. The summed E-state index contributed by atoms with van der Waals surface area (Å²) in [7, 11) is 0. The van der Waals surface area contributed by atoms with Crippen LogP contribution in [-0.2, 0) is 0 Å². The molecule has 0 saturated heterocycles. The number of hydrogen-bond acceptors (Lipinski definition) is 4. The standard InChI is InChI=1S/C11H17N3O/c1-9-4-5-10(14-13-9)12-8-11(15)6-2-3-7-11/h4-5,15H,2-3,6-8H2,1H3,(H,12,14). The predicted octanol–water partition coefficient (Wildman–Crippen LogP) is 1.50. The summed E-state index contributed by atoms with van der Waals surface area (Å²) < 4.78 is 0. The molecular weight excluding hydrogens is 190 g/mol. The summed E-state index contributed by atoms with van der Waals surface area (Å²) in [6.45, 7) is 2.48. The highest BCUT2D eigenvalue weighted by Crippen LogP contribution is 2.29. The van der Waals surface area contributed by atoms with Gasteiger partial charge >= 0.3 is 0 Å². The SMILES string of the molecule is Cc1ccc(NCC2(O)CCCC2)nn1. The van der Waals surface area contributed by atoms with Crippen molar-refractivity contribution in [3.63, 3.8) is 0 Å². The molecule has 82 valence electrons. The molecule has 0 radical (unpaired) electrons. The molecule has 0 bridgehead atoms. The normalized spacial score (nSPS) is 19.1. The topological polar surface area (TPSA) is 58.0 Å². The van der Waals surface area contributed by atoms with Crippen LogP contribution >= 0.6 is 0 Å². The number of rotatable bonds is 3. The highest BCUT2D eigenvalue weighted by molar-refractivity contribution is 5.33. The summed E-state index contributed by atoms with van der Waals surface area (Å²) in [6.07, 6.45) is 4.02. The van der Waals surface area contributed by atoms with E-state index in [0.29, 0.717) is 6.54 Å². The molecule has 1 aliphatic rings. The van der Waals surface area contributed by atoms with Gasteiger partial charge in [0.25, 0.3) is 0 Å². The first-order chi connectivity index (χ1) is 7.18. The fourth-order valence-electron chi connectivity index (χ4n) is 1.96. The molecule has 4 heteroatoms. The summed E-state index contributed by atoms with van der Waals surface area (Å²) in [5.41, 5.74) is 0.368. The Bertz CT molecular complexity index is 317. The Morgan fingerprint density at radius 1 is 1.33 bits per heavy atom. The highest BCUT2D eigenvalue weighted by atomic mass is 16.3. The zero-order valence-corrected chi connectivity index (χ0v) is 9.03. The van der Waals surface area contributed by atoms with Crippen LogP contribution in [0.3, 0.4) is 0 Å². The van der Waals surface area contributed by atoms with E-state index in [1.165, 1.54) is 0 Å². The Labute approximate surface area is 89.7 Å². The molecule has 0 unspecified atom stereocenters. The van der Waals surface area contributed by atoms with Gasteiger partial charge in [-0.05, 0) is 31.9 Å². The zero-order chi connectivity index (χ0) is 10.7. The Kier molecular flexibility index (Phi) is 2.86. The number of aromatic nitrogens is 2. The van der Waals surface area contributed by atoms with Crippen molar-refractivity contribution in [2.45, 2.75) is 38.2 Å². The molecule has 1 heterocycles. The second kappa shape index (κ2) is 4.14. The number of aliphatic hydroxyl groups is 1. The van der Waals surface area contributed by atoms with Crippen molar-refractivity contribution in [1.29, 1.82) is 0 Å². The molecule has 1 aromatic rings. The van der Waals surface area contributed by atoms with E-state index in [2.05, 4.69) is 15.5 Å². The van der Waals surface area contributed by atoms with E-state index in [9.17, 15) is 5.11 Å². The van der Waals surface area contributed by atoms with Gasteiger partial charge in [-0.3, -0.25) is 0 Å². The lowest BCUT2D eigenvalue weighted by Gasteiger charge is -2.22. The van der Waals surface area contributed by atoms with Crippen LogP contribution in [0.25, 0.3) is 0 Å². The van der Waals surface area contributed by atoms with Gasteiger partial charge in [-0.1, -0.05) is 12.8 Å². The van der Waals surface area contributed by atoms with Crippen molar-refractivity contribution in [2.24, 2.45) is 0 Å². The lowest BCUT2D eigenvalue weighted by atomic mass is 10.0. The fourth-order valence-corrected chi connectivity index (χ4v) is 1.96. The Balaban J connectivity index is 1.90. The van der Waals surface area contributed by atoms with E-state index in [4.69, 9.17) is 0 Å². The lowest BCUT2D eigenvalue weighted by Crippen LogP contribution is -2.33. The molecule has 0 spiro atoms. The van der Waals surface area contributed by atoms with Crippen LogP contribution in [0.15, 0.2) is 12.1 Å². The third kappa shape index (κ3) is 2.65. The largest absolute Gasteiger partial charge is 0.388 e. The number of hydrogen-bond donors (Lipinski definition) is 2. The summed E-state index contributed by atoms with van der Waals surface area (Å²) in [5.74, 6) is 0.737. The number of nitrogens with zero attached hydrogens (tertiary/aromatic N) is 2. The van der Waals surface area contributed by atoms with E-state index < -0.39 is 5.60 Å². The molecule has 1 aromatic heterocycles. The summed E-state index contributed by atoms with van der Waals surface area (Å²) in [4.78, 5) is 0. The first kappa shape index (κ1) is 10.4. The summed E-state index contributed by atoms with van der Waals surface area (Å²) in [5, 5.41) is 21.2. The van der Waals surface area contributed by atoms with Crippen molar-refractivity contribution < 1.29 is 5.11 Å². The average Bonchev–Trinajstić information content (AvgIpc) is 2.65. The Morgan fingerprint density at radius 3 is 2.67 bits per heavy atom. The minimum Gasteiger partial charge on any atom is -0.388 e. The van der Waals surface area contributed by atoms with E-state index in [-0.39, 0.29) is 0 Å². The molecule has 1 fully saturated rings. The van der Waals surface area contributed by atoms with Gasteiger partial charge in [-0.15, -0.1) is 5.10 Å². The van der Waals surface area contributed by atoms with Crippen LogP contribution < -0.4 is 5.32 Å². The van der Waals surface area contributed by atoms with Crippen molar-refractivity contribution in [1.82, 2.24) is 10.2 Å². The molecule has 2 rings (SSSR count). The van der Waals surface area contributed by atoms with E-state index >= 15 is 0 Å². The Hall–Kier alpha value is -1.16. The molecule has 4 nitrogen and oxygen atoms in total. The third-order valence-corrected chi connectivity index (χ3v) is 2.93. The van der Waals surface area contributed by atoms with Crippen LogP contribution in [-0.4, -0.2) is 27.4 Å². The van der Waals surface area contributed by atoms with Crippen LogP contribution in [0.2, 0.25) is 0 Å². The van der Waals surface area contributed by atoms with Crippen LogP contribution in [0.5, 0.6) is 0 Å². The van der Waals surface area contributed by atoms with E-state index in [1.54, 1.807) is 0 Å². The molecule has 0 amide bonds. The van der Waals surface area contributed by atoms with Crippen molar-refractivity contribution >= 4 is 5.82 Å². The van der Waals surface area contributed by atoms with Gasteiger partial charge in [-0.2, -0.15) is 5.10 Å². The van der Waals surface area contributed by atoms with Crippen molar-refractivity contribution in [3.8, 4) is 0 Å². The molecular formula is C11H17N3O. The monoisotopic (exact) mass is 207 g/mol. The summed E-state index contributed by atoms with van der Waals surface area (Å²) in [6, 6.07) is 3.80. The van der Waals surface area contributed by atoms with E-state index in [1.807, 2.05) is 19.1 Å². The maximum Gasteiger partial charge on any atom is 0.148 e. The maximum atomic E-state index is 10.1. The first-order valence-electron chi connectivity index (χ1n) is 5.45. The minimum absolute atomic E-state index is 0.535.